The predicted octanol–water partition coefficient (Wildman–Crippen LogP) is 0.209. The van der Waals surface area contributed by atoms with Gasteiger partial charge < -0.3 is 10.6 Å². The standard InChI is InChI=1S/C13H15N5O/c19-13(17-11-2-8-1-10(11)15-4-8)12-3-9-5-14-6-18(9)7-16-12/h3,5-8,10-11,15H,1-2,4H2,(H,17,19)/t8-,10-,11+/m1/s1. The summed E-state index contributed by atoms with van der Waals surface area (Å²) in [6.45, 7) is 1.09. The fraction of sp³-hybridized carbons (Fsp3) is 0.462. The van der Waals surface area contributed by atoms with E-state index in [-0.39, 0.29) is 11.9 Å². The first-order valence-electron chi connectivity index (χ1n) is 6.61. The molecule has 0 spiro atoms. The second kappa shape index (κ2) is 4.03. The van der Waals surface area contributed by atoms with Gasteiger partial charge in [0.15, 0.2) is 0 Å². The topological polar surface area (TPSA) is 71.3 Å². The van der Waals surface area contributed by atoms with Gasteiger partial charge in [0.25, 0.3) is 5.91 Å². The van der Waals surface area contributed by atoms with E-state index in [2.05, 4.69) is 20.6 Å². The van der Waals surface area contributed by atoms with Crippen LogP contribution in [0.1, 0.15) is 23.3 Å². The second-order valence-corrected chi connectivity index (χ2v) is 5.43. The van der Waals surface area contributed by atoms with Gasteiger partial charge in [-0.1, -0.05) is 0 Å². The minimum absolute atomic E-state index is 0.0944. The third-order valence-corrected chi connectivity index (χ3v) is 4.18. The van der Waals surface area contributed by atoms with E-state index in [0.29, 0.717) is 11.7 Å². The van der Waals surface area contributed by atoms with E-state index in [4.69, 9.17) is 0 Å². The maximum atomic E-state index is 12.2. The molecule has 1 aliphatic heterocycles. The van der Waals surface area contributed by atoms with Crippen LogP contribution in [0.4, 0.5) is 0 Å². The van der Waals surface area contributed by atoms with Crippen LogP contribution in [0.3, 0.4) is 0 Å². The van der Waals surface area contributed by atoms with Gasteiger partial charge in [-0.25, -0.2) is 9.97 Å². The van der Waals surface area contributed by atoms with Crippen molar-refractivity contribution in [1.29, 1.82) is 0 Å². The van der Waals surface area contributed by atoms with E-state index in [9.17, 15) is 4.79 Å². The smallest absolute Gasteiger partial charge is 0.270 e. The number of nitrogens with zero attached hydrogens (tertiary/aromatic N) is 3. The molecule has 2 aliphatic rings. The molecule has 4 rings (SSSR count). The summed E-state index contributed by atoms with van der Waals surface area (Å²) < 4.78 is 1.79. The van der Waals surface area contributed by atoms with Crippen LogP contribution in [0.25, 0.3) is 5.52 Å². The van der Waals surface area contributed by atoms with Crippen LogP contribution in [0, 0.1) is 5.92 Å². The molecule has 2 aromatic heterocycles. The summed E-state index contributed by atoms with van der Waals surface area (Å²) in [6, 6.07) is 2.45. The lowest BCUT2D eigenvalue weighted by molar-refractivity contribution is 0.0923. The normalized spacial score (nSPS) is 28.9. The van der Waals surface area contributed by atoms with Crippen LogP contribution in [0.5, 0.6) is 0 Å². The Morgan fingerprint density at radius 2 is 2.37 bits per heavy atom. The Hall–Kier alpha value is -1.95. The van der Waals surface area contributed by atoms with Crippen LogP contribution < -0.4 is 10.6 Å². The average molecular weight is 257 g/mol. The Balaban J connectivity index is 1.53. The molecular formula is C13H15N5O. The minimum atomic E-state index is -0.0944. The fourth-order valence-corrected chi connectivity index (χ4v) is 3.20. The molecule has 0 unspecified atom stereocenters. The van der Waals surface area contributed by atoms with Crippen LogP contribution in [-0.2, 0) is 0 Å². The van der Waals surface area contributed by atoms with Crippen LogP contribution in [-0.4, -0.2) is 38.9 Å². The van der Waals surface area contributed by atoms with E-state index in [1.807, 2.05) is 0 Å². The van der Waals surface area contributed by atoms with Gasteiger partial charge in [-0.3, -0.25) is 9.20 Å². The number of hydrogen-bond acceptors (Lipinski definition) is 4. The van der Waals surface area contributed by atoms with Crippen molar-refractivity contribution >= 4 is 11.4 Å². The van der Waals surface area contributed by atoms with Crippen LogP contribution in [0.2, 0.25) is 0 Å². The molecule has 1 saturated carbocycles. The molecule has 3 heterocycles. The predicted molar refractivity (Wildman–Crippen MR) is 68.8 cm³/mol. The van der Waals surface area contributed by atoms with Gasteiger partial charge >= 0.3 is 0 Å². The molecule has 2 fully saturated rings. The van der Waals surface area contributed by atoms with Crippen molar-refractivity contribution in [3.63, 3.8) is 0 Å². The van der Waals surface area contributed by atoms with Crippen molar-refractivity contribution < 1.29 is 4.79 Å². The van der Waals surface area contributed by atoms with Gasteiger partial charge in [-0.15, -0.1) is 0 Å². The molecular weight excluding hydrogens is 242 g/mol. The number of aromatic nitrogens is 3. The first-order valence-corrected chi connectivity index (χ1v) is 6.61. The van der Waals surface area contributed by atoms with E-state index >= 15 is 0 Å². The number of nitrogens with one attached hydrogen (secondary N) is 2. The minimum Gasteiger partial charge on any atom is -0.346 e. The third-order valence-electron chi connectivity index (χ3n) is 4.18. The van der Waals surface area contributed by atoms with E-state index in [1.165, 1.54) is 6.42 Å². The summed E-state index contributed by atoms with van der Waals surface area (Å²) in [4.78, 5) is 20.4. The summed E-state index contributed by atoms with van der Waals surface area (Å²) in [5.74, 6) is 0.628. The van der Waals surface area contributed by atoms with Gasteiger partial charge in [0, 0.05) is 12.1 Å². The van der Waals surface area contributed by atoms with Gasteiger partial charge in [0.1, 0.15) is 18.3 Å². The summed E-state index contributed by atoms with van der Waals surface area (Å²) in [7, 11) is 0. The maximum absolute atomic E-state index is 12.2. The summed E-state index contributed by atoms with van der Waals surface area (Å²) >= 11 is 0. The zero-order valence-corrected chi connectivity index (χ0v) is 10.4. The van der Waals surface area contributed by atoms with Crippen molar-refractivity contribution in [2.75, 3.05) is 6.54 Å². The number of fused-ring (bicyclic) bond motifs is 3. The molecule has 0 radical (unpaired) electrons. The highest BCUT2D eigenvalue weighted by molar-refractivity contribution is 5.93. The van der Waals surface area contributed by atoms with Crippen molar-refractivity contribution in [2.24, 2.45) is 5.92 Å². The largest absolute Gasteiger partial charge is 0.346 e. The Bertz CT molecular complexity index is 637. The van der Waals surface area contributed by atoms with Crippen molar-refractivity contribution in [2.45, 2.75) is 24.9 Å². The lowest BCUT2D eigenvalue weighted by Crippen LogP contribution is -2.48. The highest BCUT2D eigenvalue weighted by Gasteiger charge is 2.40. The van der Waals surface area contributed by atoms with Crippen molar-refractivity contribution in [1.82, 2.24) is 25.0 Å². The van der Waals surface area contributed by atoms with Gasteiger partial charge in [0.05, 0.1) is 11.7 Å². The molecule has 98 valence electrons. The average Bonchev–Trinajstić information content (AvgIpc) is 3.13. The molecule has 6 nitrogen and oxygen atoms in total. The monoisotopic (exact) mass is 257 g/mol. The van der Waals surface area contributed by atoms with Crippen molar-refractivity contribution in [3.05, 3.63) is 30.6 Å². The van der Waals surface area contributed by atoms with Gasteiger partial charge in [-0.05, 0) is 31.4 Å². The number of amides is 1. The molecule has 2 bridgehead atoms. The number of rotatable bonds is 2. The Labute approximate surface area is 110 Å². The maximum Gasteiger partial charge on any atom is 0.270 e. The lowest BCUT2D eigenvalue weighted by atomic mass is 10.1. The number of carbonyl (C=O) groups is 1. The summed E-state index contributed by atoms with van der Waals surface area (Å²) in [5, 5.41) is 6.53. The van der Waals surface area contributed by atoms with E-state index < -0.39 is 0 Å². The third kappa shape index (κ3) is 1.79. The highest BCUT2D eigenvalue weighted by atomic mass is 16.2. The zero-order valence-electron chi connectivity index (χ0n) is 10.4. The molecule has 2 N–H and O–H groups in total. The Morgan fingerprint density at radius 1 is 1.42 bits per heavy atom. The second-order valence-electron chi connectivity index (χ2n) is 5.43. The molecule has 1 amide bonds. The highest BCUT2D eigenvalue weighted by Crippen LogP contribution is 2.31. The van der Waals surface area contributed by atoms with Gasteiger partial charge in [0.2, 0.25) is 0 Å². The van der Waals surface area contributed by atoms with Gasteiger partial charge in [-0.2, -0.15) is 0 Å². The van der Waals surface area contributed by atoms with E-state index in [0.717, 1.165) is 24.4 Å². The molecule has 1 saturated heterocycles. The van der Waals surface area contributed by atoms with Crippen LogP contribution >= 0.6 is 0 Å². The Kier molecular flexibility index (Phi) is 2.32. The first kappa shape index (κ1) is 10.9. The number of carbonyl (C=O) groups excluding carboxylic acids is 1. The summed E-state index contributed by atoms with van der Waals surface area (Å²) in [6.07, 6.45) is 7.27. The molecule has 0 aromatic carbocycles. The quantitative estimate of drug-likeness (QED) is 0.807. The lowest BCUT2D eigenvalue weighted by Gasteiger charge is -2.23. The zero-order chi connectivity index (χ0) is 12.8. The molecule has 2 aromatic rings. The first-order chi connectivity index (χ1) is 9.29. The molecule has 1 aliphatic carbocycles. The number of hydrogen-bond donors (Lipinski definition) is 2. The van der Waals surface area contributed by atoms with E-state index in [1.54, 1.807) is 29.3 Å². The summed E-state index contributed by atoms with van der Waals surface area (Å²) in [5.41, 5.74) is 1.34. The molecule has 6 heteroatoms. The van der Waals surface area contributed by atoms with Crippen molar-refractivity contribution in [3.8, 4) is 0 Å². The molecule has 19 heavy (non-hydrogen) atoms. The van der Waals surface area contributed by atoms with Crippen LogP contribution in [0.15, 0.2) is 24.9 Å². The number of piperidine rings is 1. The number of imidazole rings is 1. The fourth-order valence-electron chi connectivity index (χ4n) is 3.20. The molecule has 3 atom stereocenters. The Morgan fingerprint density at radius 3 is 3.16 bits per heavy atom. The SMILES string of the molecule is O=C(N[C@H]1C[C@@H]2CN[C@@H]1C2)c1cc2cncn2cn1.